The van der Waals surface area contributed by atoms with Gasteiger partial charge in [-0.1, -0.05) is 6.92 Å². The predicted octanol–water partition coefficient (Wildman–Crippen LogP) is -0.0850. The minimum Gasteiger partial charge on any atom is -0.475 e. The van der Waals surface area contributed by atoms with E-state index in [4.69, 9.17) is 5.11 Å². The number of carboxylic acid groups (broad SMARTS) is 1. The van der Waals surface area contributed by atoms with Crippen LogP contribution in [0.3, 0.4) is 0 Å². The molecule has 16 heavy (non-hydrogen) atoms. The highest BCUT2D eigenvalue weighted by molar-refractivity contribution is 5.83. The Morgan fingerprint density at radius 1 is 1.75 bits per heavy atom. The summed E-state index contributed by atoms with van der Waals surface area (Å²) in [6.07, 6.45) is 0.121. The van der Waals surface area contributed by atoms with Crippen molar-refractivity contribution < 1.29 is 14.8 Å². The molecule has 0 aromatic carbocycles. The maximum Gasteiger partial charge on any atom is 0.373 e. The van der Waals surface area contributed by atoms with Crippen LogP contribution < -0.4 is 5.43 Å². The number of anilines is 1. The molecule has 0 unspecified atom stereocenters. The lowest BCUT2D eigenvalue weighted by Gasteiger charge is -1.92. The molecule has 0 bridgehead atoms. The second-order valence-electron chi connectivity index (χ2n) is 2.56. The highest BCUT2D eigenvalue weighted by atomic mass is 16.6. The van der Waals surface area contributed by atoms with Crippen LogP contribution in [0.2, 0.25) is 0 Å². The zero-order valence-corrected chi connectivity index (χ0v) is 8.17. The molecule has 86 valence electrons. The lowest BCUT2D eigenvalue weighted by atomic mass is 10.5. The first kappa shape index (κ1) is 11.6. The first-order valence-electron chi connectivity index (χ1n) is 4.17. The summed E-state index contributed by atoms with van der Waals surface area (Å²) in [7, 11) is 0. The van der Waals surface area contributed by atoms with Crippen LogP contribution in [0.1, 0.15) is 24.0 Å². The fraction of sp³-hybridized carbons (Fsp3) is 0.333. The van der Waals surface area contributed by atoms with Gasteiger partial charge in [0.05, 0.1) is 11.5 Å². The molecule has 0 atom stereocenters. The molecular formula is C6H8N6O4. The van der Waals surface area contributed by atoms with Crippen LogP contribution in [0, 0.1) is 10.1 Å². The molecule has 3 N–H and O–H groups in total. The van der Waals surface area contributed by atoms with Gasteiger partial charge in [-0.15, -0.1) is 10.5 Å². The molecule has 0 saturated carbocycles. The number of hydrogen-bond acceptors (Lipinski definition) is 7. The molecule has 0 radical (unpaired) electrons. The molecule has 10 heteroatoms. The Balaban J connectivity index is 2.73. The number of amidine groups is 1. The summed E-state index contributed by atoms with van der Waals surface area (Å²) in [5.41, 5.74) is 2.18. The van der Waals surface area contributed by atoms with Crippen LogP contribution in [-0.4, -0.2) is 37.0 Å². The summed E-state index contributed by atoms with van der Waals surface area (Å²) in [5.74, 6) is -2.11. The summed E-state index contributed by atoms with van der Waals surface area (Å²) in [6.45, 7) is 1.56. The molecule has 0 fully saturated rings. The maximum atomic E-state index is 10.4. The zero-order chi connectivity index (χ0) is 12.1. The van der Waals surface area contributed by atoms with Crippen molar-refractivity contribution in [1.29, 1.82) is 0 Å². The molecule has 0 aliphatic heterocycles. The van der Waals surface area contributed by atoms with E-state index in [0.29, 0.717) is 0 Å². The molecule has 0 aliphatic carbocycles. The SMILES string of the molecule is CC/C(=N/Nc1n[nH]c(C(=O)O)n1)[N+](=O)[O-]. The molecule has 1 aromatic rings. The first-order chi connectivity index (χ1) is 7.54. The average Bonchev–Trinajstić information content (AvgIpc) is 2.67. The fourth-order valence-corrected chi connectivity index (χ4v) is 0.771. The normalized spacial score (nSPS) is 11.2. The van der Waals surface area contributed by atoms with Gasteiger partial charge in [0.15, 0.2) is 0 Å². The summed E-state index contributed by atoms with van der Waals surface area (Å²) in [4.78, 5) is 23.6. The van der Waals surface area contributed by atoms with E-state index in [1.807, 2.05) is 0 Å². The topological polar surface area (TPSA) is 146 Å². The fourth-order valence-electron chi connectivity index (χ4n) is 0.771. The summed E-state index contributed by atoms with van der Waals surface area (Å²) < 4.78 is 0. The van der Waals surface area contributed by atoms with Crippen molar-refractivity contribution in [3.63, 3.8) is 0 Å². The van der Waals surface area contributed by atoms with Gasteiger partial charge in [-0.3, -0.25) is 5.10 Å². The van der Waals surface area contributed by atoms with Crippen molar-refractivity contribution in [2.24, 2.45) is 5.10 Å². The third-order valence-electron chi connectivity index (χ3n) is 1.50. The van der Waals surface area contributed by atoms with Gasteiger partial charge in [-0.05, 0) is 4.92 Å². The first-order valence-corrected chi connectivity index (χ1v) is 4.17. The number of hydrogen-bond donors (Lipinski definition) is 3. The van der Waals surface area contributed by atoms with Crippen LogP contribution in [0.5, 0.6) is 0 Å². The van der Waals surface area contributed by atoms with Gasteiger partial charge >= 0.3 is 11.8 Å². The third-order valence-corrected chi connectivity index (χ3v) is 1.50. The van der Waals surface area contributed by atoms with Crippen molar-refractivity contribution in [3.8, 4) is 0 Å². The Bertz CT molecular complexity index is 438. The van der Waals surface area contributed by atoms with E-state index in [9.17, 15) is 14.9 Å². The predicted molar refractivity (Wildman–Crippen MR) is 51.7 cm³/mol. The Kier molecular flexibility index (Phi) is 3.48. The van der Waals surface area contributed by atoms with Crippen LogP contribution in [0.25, 0.3) is 0 Å². The van der Waals surface area contributed by atoms with Crippen molar-refractivity contribution in [2.45, 2.75) is 13.3 Å². The number of nitrogens with one attached hydrogen (secondary N) is 2. The van der Waals surface area contributed by atoms with Crippen molar-refractivity contribution in [3.05, 3.63) is 15.9 Å². The van der Waals surface area contributed by atoms with E-state index in [1.54, 1.807) is 6.92 Å². The van der Waals surface area contributed by atoms with Gasteiger partial charge in [0.2, 0.25) is 5.82 Å². The number of rotatable bonds is 4. The number of aromatic carboxylic acids is 1. The maximum absolute atomic E-state index is 10.4. The van der Waals surface area contributed by atoms with Crippen molar-refractivity contribution in [1.82, 2.24) is 15.2 Å². The summed E-state index contributed by atoms with van der Waals surface area (Å²) in [6, 6.07) is 0. The summed E-state index contributed by atoms with van der Waals surface area (Å²) >= 11 is 0. The highest BCUT2D eigenvalue weighted by Gasteiger charge is 2.13. The quantitative estimate of drug-likeness (QED) is 0.282. The number of carbonyl (C=O) groups is 1. The standard InChI is InChI=1S/C6H8N6O4/c1-2-3(12(15)16)8-10-6-7-4(5(13)14)9-11-6/h2H2,1H3,(H,13,14)(H2,7,9,10,11)/b8-3-. The molecular weight excluding hydrogens is 220 g/mol. The second-order valence-corrected chi connectivity index (χ2v) is 2.56. The third kappa shape index (κ3) is 2.73. The lowest BCUT2D eigenvalue weighted by molar-refractivity contribution is -0.353. The smallest absolute Gasteiger partial charge is 0.373 e. The molecule has 1 rings (SSSR count). The van der Waals surface area contributed by atoms with Gasteiger partial charge in [-0.2, -0.15) is 4.98 Å². The lowest BCUT2D eigenvalue weighted by Crippen LogP contribution is -2.12. The molecule has 1 heterocycles. The zero-order valence-electron chi connectivity index (χ0n) is 8.17. The minimum absolute atomic E-state index is 0.121. The van der Waals surface area contributed by atoms with Crippen LogP contribution in [0.15, 0.2) is 5.10 Å². The van der Waals surface area contributed by atoms with E-state index in [-0.39, 0.29) is 24.0 Å². The highest BCUT2D eigenvalue weighted by Crippen LogP contribution is 1.99. The molecule has 0 amide bonds. The Morgan fingerprint density at radius 3 is 2.88 bits per heavy atom. The van der Waals surface area contributed by atoms with Gasteiger partial charge in [0.1, 0.15) is 0 Å². The Labute approximate surface area is 88.5 Å². The van der Waals surface area contributed by atoms with Gasteiger partial charge in [0, 0.05) is 0 Å². The number of aromatic nitrogens is 3. The molecule has 0 aliphatic rings. The monoisotopic (exact) mass is 228 g/mol. The molecule has 1 aromatic heterocycles. The number of nitro groups is 1. The average molecular weight is 228 g/mol. The number of H-pyrrole nitrogens is 1. The molecule has 0 saturated heterocycles. The van der Waals surface area contributed by atoms with Crippen LogP contribution in [-0.2, 0) is 0 Å². The number of nitrogens with zero attached hydrogens (tertiary/aromatic N) is 4. The van der Waals surface area contributed by atoms with Gasteiger partial charge in [-0.25, -0.2) is 4.79 Å². The Hall–Kier alpha value is -2.52. The largest absolute Gasteiger partial charge is 0.475 e. The van der Waals surface area contributed by atoms with Crippen LogP contribution in [0.4, 0.5) is 5.95 Å². The van der Waals surface area contributed by atoms with Crippen LogP contribution >= 0.6 is 0 Å². The summed E-state index contributed by atoms with van der Waals surface area (Å²) in [5, 5.41) is 27.8. The van der Waals surface area contributed by atoms with Crippen molar-refractivity contribution >= 4 is 17.8 Å². The van der Waals surface area contributed by atoms with E-state index in [0.717, 1.165) is 0 Å². The number of carboxylic acids is 1. The molecule has 10 nitrogen and oxygen atoms in total. The number of hydrazone groups is 1. The van der Waals surface area contributed by atoms with E-state index in [1.165, 1.54) is 0 Å². The van der Waals surface area contributed by atoms with Gasteiger partial charge in [0.25, 0.3) is 5.95 Å². The molecule has 0 spiro atoms. The van der Waals surface area contributed by atoms with E-state index >= 15 is 0 Å². The second kappa shape index (κ2) is 4.82. The van der Waals surface area contributed by atoms with Crippen molar-refractivity contribution in [2.75, 3.05) is 5.43 Å². The van der Waals surface area contributed by atoms with E-state index < -0.39 is 10.9 Å². The van der Waals surface area contributed by atoms with E-state index in [2.05, 4.69) is 25.7 Å². The minimum atomic E-state index is -1.28. The van der Waals surface area contributed by atoms with Gasteiger partial charge < -0.3 is 15.2 Å². The number of aromatic amines is 1. The Morgan fingerprint density at radius 2 is 2.44 bits per heavy atom.